The molecule has 0 saturated heterocycles. The Labute approximate surface area is 125 Å². The minimum atomic E-state index is 0.353. The van der Waals surface area contributed by atoms with E-state index in [9.17, 15) is 0 Å². The maximum atomic E-state index is 4.48. The van der Waals surface area contributed by atoms with Gasteiger partial charge in [-0.1, -0.05) is 41.5 Å². The molecule has 2 unspecified atom stereocenters. The summed E-state index contributed by atoms with van der Waals surface area (Å²) in [4.78, 5) is 0. The average Bonchev–Trinajstić information content (AvgIpc) is 2.82. The van der Waals surface area contributed by atoms with Gasteiger partial charge in [-0.25, -0.2) is 0 Å². The second kappa shape index (κ2) is 7.82. The summed E-state index contributed by atoms with van der Waals surface area (Å²) in [7, 11) is 0. The van der Waals surface area contributed by atoms with Crippen LogP contribution in [0, 0.1) is 11.3 Å². The molecule has 2 atom stereocenters. The van der Waals surface area contributed by atoms with Gasteiger partial charge in [0.25, 0.3) is 0 Å². The Morgan fingerprint density at radius 1 is 1.25 bits per heavy atom. The van der Waals surface area contributed by atoms with Crippen LogP contribution >= 0.6 is 0 Å². The van der Waals surface area contributed by atoms with E-state index < -0.39 is 0 Å². The van der Waals surface area contributed by atoms with E-state index in [1.165, 1.54) is 18.4 Å². The number of rotatable bonds is 8. The lowest BCUT2D eigenvalue weighted by Gasteiger charge is -2.31. The molecular weight excluding hydrogens is 246 g/mol. The van der Waals surface area contributed by atoms with Crippen molar-refractivity contribution in [2.45, 2.75) is 73.4 Å². The Balaban J connectivity index is 2.76. The van der Waals surface area contributed by atoms with Gasteiger partial charge in [0, 0.05) is 24.3 Å². The molecule has 0 radical (unpaired) electrons. The van der Waals surface area contributed by atoms with Crippen LogP contribution in [0.5, 0.6) is 0 Å². The monoisotopic (exact) mass is 279 g/mol. The number of aromatic nitrogens is 2. The van der Waals surface area contributed by atoms with Crippen molar-refractivity contribution >= 4 is 0 Å². The number of aryl methyl sites for hydroxylation is 1. The van der Waals surface area contributed by atoms with E-state index in [-0.39, 0.29) is 0 Å². The zero-order chi connectivity index (χ0) is 15.2. The Kier molecular flexibility index (Phi) is 6.74. The van der Waals surface area contributed by atoms with Gasteiger partial charge in [-0.2, -0.15) is 5.10 Å². The molecule has 1 N–H and O–H groups in total. The first-order valence-electron chi connectivity index (χ1n) is 8.14. The highest BCUT2D eigenvalue weighted by Gasteiger charge is 2.24. The van der Waals surface area contributed by atoms with Crippen molar-refractivity contribution in [1.82, 2.24) is 15.1 Å². The van der Waals surface area contributed by atoms with E-state index in [4.69, 9.17) is 0 Å². The largest absolute Gasteiger partial charge is 0.310 e. The first kappa shape index (κ1) is 17.2. The fraction of sp³-hybridized carbons (Fsp3) is 0.824. The third kappa shape index (κ3) is 5.28. The van der Waals surface area contributed by atoms with Gasteiger partial charge in [-0.3, -0.25) is 4.68 Å². The lowest BCUT2D eigenvalue weighted by Crippen LogP contribution is -2.28. The maximum Gasteiger partial charge on any atom is 0.0537 e. The number of nitrogens with zero attached hydrogens (tertiary/aromatic N) is 2. The second-order valence-electron chi connectivity index (χ2n) is 7.05. The second-order valence-corrected chi connectivity index (χ2v) is 7.05. The lowest BCUT2D eigenvalue weighted by atomic mass is 9.78. The predicted molar refractivity (Wildman–Crippen MR) is 86.8 cm³/mol. The molecule has 1 rings (SSSR count). The fourth-order valence-corrected chi connectivity index (χ4v) is 2.27. The molecule has 0 aromatic carbocycles. The molecule has 1 aromatic heterocycles. The Bertz CT molecular complexity index is 376. The van der Waals surface area contributed by atoms with E-state index in [0.29, 0.717) is 17.4 Å². The van der Waals surface area contributed by atoms with Crippen LogP contribution < -0.4 is 5.32 Å². The normalized spacial score (nSPS) is 15.3. The number of hydrogen-bond donors (Lipinski definition) is 1. The van der Waals surface area contributed by atoms with Gasteiger partial charge in [0.1, 0.15) is 0 Å². The smallest absolute Gasteiger partial charge is 0.0537 e. The van der Waals surface area contributed by atoms with E-state index in [0.717, 1.165) is 19.5 Å². The molecule has 0 saturated carbocycles. The first-order valence-corrected chi connectivity index (χ1v) is 8.14. The summed E-state index contributed by atoms with van der Waals surface area (Å²) in [6, 6.07) is 0.426. The lowest BCUT2D eigenvalue weighted by molar-refractivity contribution is 0.223. The Morgan fingerprint density at radius 3 is 2.50 bits per heavy atom. The third-order valence-electron chi connectivity index (χ3n) is 4.22. The summed E-state index contributed by atoms with van der Waals surface area (Å²) in [6.45, 7) is 15.8. The van der Waals surface area contributed by atoms with Crippen LogP contribution in [0.1, 0.15) is 72.4 Å². The minimum absolute atomic E-state index is 0.353. The number of hydrogen-bond acceptors (Lipinski definition) is 2. The molecule has 0 fully saturated rings. The van der Waals surface area contributed by atoms with Gasteiger partial charge in [-0.05, 0) is 37.1 Å². The van der Waals surface area contributed by atoms with Crippen molar-refractivity contribution < 1.29 is 0 Å². The molecular formula is C17H33N3. The van der Waals surface area contributed by atoms with Crippen LogP contribution in [0.4, 0.5) is 0 Å². The van der Waals surface area contributed by atoms with E-state index in [2.05, 4.69) is 62.8 Å². The van der Waals surface area contributed by atoms with Crippen molar-refractivity contribution in [3.05, 3.63) is 18.0 Å². The SMILES string of the molecule is CCCNC(CC(C)C(C)(C)C)c1cnn(CCC)c1. The third-order valence-corrected chi connectivity index (χ3v) is 4.22. The summed E-state index contributed by atoms with van der Waals surface area (Å²) in [5.74, 6) is 0.673. The molecule has 3 heteroatoms. The van der Waals surface area contributed by atoms with Crippen LogP contribution in [-0.4, -0.2) is 16.3 Å². The van der Waals surface area contributed by atoms with Gasteiger partial charge in [-0.15, -0.1) is 0 Å². The van der Waals surface area contributed by atoms with Crippen LogP contribution in [-0.2, 0) is 6.54 Å². The average molecular weight is 279 g/mol. The van der Waals surface area contributed by atoms with Gasteiger partial charge < -0.3 is 5.32 Å². The molecule has 0 aliphatic rings. The fourth-order valence-electron chi connectivity index (χ4n) is 2.27. The quantitative estimate of drug-likeness (QED) is 0.764. The molecule has 1 aromatic rings. The van der Waals surface area contributed by atoms with Gasteiger partial charge in [0.2, 0.25) is 0 Å². The molecule has 0 aliphatic carbocycles. The van der Waals surface area contributed by atoms with Crippen molar-refractivity contribution in [3.63, 3.8) is 0 Å². The van der Waals surface area contributed by atoms with E-state index in [1.807, 2.05) is 6.20 Å². The molecule has 0 aliphatic heterocycles. The van der Waals surface area contributed by atoms with Crippen LogP contribution in [0.15, 0.2) is 12.4 Å². The summed E-state index contributed by atoms with van der Waals surface area (Å²) in [5.41, 5.74) is 1.69. The predicted octanol–water partition coefficient (Wildman–Crippen LogP) is 4.41. The maximum absolute atomic E-state index is 4.48. The molecule has 1 heterocycles. The highest BCUT2D eigenvalue weighted by atomic mass is 15.3. The van der Waals surface area contributed by atoms with Crippen molar-refractivity contribution in [3.8, 4) is 0 Å². The summed E-state index contributed by atoms with van der Waals surface area (Å²) in [5, 5.41) is 8.17. The zero-order valence-electron chi connectivity index (χ0n) is 14.2. The van der Waals surface area contributed by atoms with Crippen LogP contribution in [0.25, 0.3) is 0 Å². The molecule has 20 heavy (non-hydrogen) atoms. The Morgan fingerprint density at radius 2 is 1.95 bits per heavy atom. The number of nitrogens with one attached hydrogen (secondary N) is 1. The van der Waals surface area contributed by atoms with Crippen LogP contribution in [0.2, 0.25) is 0 Å². The topological polar surface area (TPSA) is 29.9 Å². The molecule has 116 valence electrons. The standard InChI is InChI=1S/C17H33N3/c1-7-9-18-16(11-14(3)17(4,5)6)15-12-19-20(13-15)10-8-2/h12-14,16,18H,7-11H2,1-6H3. The highest BCUT2D eigenvalue weighted by Crippen LogP contribution is 2.33. The first-order chi connectivity index (χ1) is 9.38. The minimum Gasteiger partial charge on any atom is -0.310 e. The van der Waals surface area contributed by atoms with Crippen molar-refractivity contribution in [2.75, 3.05) is 6.54 Å². The molecule has 0 bridgehead atoms. The molecule has 0 spiro atoms. The van der Waals surface area contributed by atoms with Gasteiger partial charge in [0.15, 0.2) is 0 Å². The van der Waals surface area contributed by atoms with Crippen molar-refractivity contribution in [1.29, 1.82) is 0 Å². The zero-order valence-corrected chi connectivity index (χ0v) is 14.2. The summed E-state index contributed by atoms with van der Waals surface area (Å²) < 4.78 is 2.07. The Hall–Kier alpha value is -0.830. The summed E-state index contributed by atoms with van der Waals surface area (Å²) in [6.07, 6.45) is 7.72. The van der Waals surface area contributed by atoms with E-state index >= 15 is 0 Å². The summed E-state index contributed by atoms with van der Waals surface area (Å²) >= 11 is 0. The van der Waals surface area contributed by atoms with E-state index in [1.54, 1.807) is 0 Å². The van der Waals surface area contributed by atoms with Crippen molar-refractivity contribution in [2.24, 2.45) is 11.3 Å². The van der Waals surface area contributed by atoms with Gasteiger partial charge in [0.05, 0.1) is 6.20 Å². The molecule has 3 nitrogen and oxygen atoms in total. The van der Waals surface area contributed by atoms with Gasteiger partial charge >= 0.3 is 0 Å². The molecule has 0 amide bonds. The highest BCUT2D eigenvalue weighted by molar-refractivity contribution is 5.11. The van der Waals surface area contributed by atoms with Crippen LogP contribution in [0.3, 0.4) is 0 Å².